The Balaban J connectivity index is 1.64. The van der Waals surface area contributed by atoms with Crippen LogP contribution >= 0.6 is 11.3 Å². The van der Waals surface area contributed by atoms with Crippen molar-refractivity contribution >= 4 is 11.3 Å². The highest BCUT2D eigenvalue weighted by atomic mass is 32.1. The quantitative estimate of drug-likeness (QED) is 0.937. The molecule has 2 aromatic rings. The van der Waals surface area contributed by atoms with Gasteiger partial charge in [0.1, 0.15) is 0 Å². The minimum absolute atomic E-state index is 0.148. The molecule has 2 atom stereocenters. The number of hydrogen-bond donors (Lipinski definition) is 1. The van der Waals surface area contributed by atoms with E-state index in [4.69, 9.17) is 4.42 Å². The molecule has 102 valence electrons. The van der Waals surface area contributed by atoms with Gasteiger partial charge in [0.25, 0.3) is 0 Å². The molecular formula is C14H18N2O2S. The highest BCUT2D eigenvalue weighted by molar-refractivity contribution is 7.13. The Kier molecular flexibility index (Phi) is 3.68. The van der Waals surface area contributed by atoms with E-state index >= 15 is 0 Å². The van der Waals surface area contributed by atoms with Gasteiger partial charge in [-0.2, -0.15) is 0 Å². The van der Waals surface area contributed by atoms with Crippen LogP contribution in [0.4, 0.5) is 0 Å². The molecule has 0 amide bonds. The van der Waals surface area contributed by atoms with Gasteiger partial charge < -0.3 is 9.52 Å². The second kappa shape index (κ2) is 5.45. The molecule has 0 aliphatic carbocycles. The Morgan fingerprint density at radius 3 is 3.21 bits per heavy atom. The third kappa shape index (κ3) is 2.88. The van der Waals surface area contributed by atoms with Gasteiger partial charge in [-0.05, 0) is 24.5 Å². The third-order valence-electron chi connectivity index (χ3n) is 3.61. The highest BCUT2D eigenvalue weighted by Gasteiger charge is 2.24. The zero-order valence-corrected chi connectivity index (χ0v) is 11.8. The predicted molar refractivity (Wildman–Crippen MR) is 74.9 cm³/mol. The van der Waals surface area contributed by atoms with Crippen LogP contribution in [0.15, 0.2) is 28.2 Å². The van der Waals surface area contributed by atoms with Crippen LogP contribution in [-0.2, 0) is 6.54 Å². The van der Waals surface area contributed by atoms with Crippen LogP contribution in [0.1, 0.15) is 19.0 Å². The summed E-state index contributed by atoms with van der Waals surface area (Å²) in [5.74, 6) is 1.18. The molecule has 0 bridgehead atoms. The van der Waals surface area contributed by atoms with Gasteiger partial charge in [-0.1, -0.05) is 6.92 Å². The number of rotatable bonds is 3. The third-order valence-corrected chi connectivity index (χ3v) is 4.52. The lowest BCUT2D eigenvalue weighted by molar-refractivity contribution is 0.0316. The molecule has 1 aliphatic heterocycles. The van der Waals surface area contributed by atoms with Crippen molar-refractivity contribution < 1.29 is 9.52 Å². The van der Waals surface area contributed by atoms with E-state index in [-0.39, 0.29) is 6.10 Å². The topological polar surface area (TPSA) is 49.5 Å². The van der Waals surface area contributed by atoms with Crippen molar-refractivity contribution in [3.05, 3.63) is 29.5 Å². The zero-order chi connectivity index (χ0) is 13.2. The normalized spacial score (nSPS) is 24.7. The lowest BCUT2D eigenvalue weighted by Gasteiger charge is -2.33. The van der Waals surface area contributed by atoms with Crippen LogP contribution < -0.4 is 0 Å². The van der Waals surface area contributed by atoms with E-state index in [1.807, 2.05) is 12.1 Å². The predicted octanol–water partition coefficient (Wildman–Crippen LogP) is 2.61. The van der Waals surface area contributed by atoms with Crippen LogP contribution in [0.25, 0.3) is 10.8 Å². The lowest BCUT2D eigenvalue weighted by Crippen LogP contribution is -2.41. The Bertz CT molecular complexity index is 523. The molecule has 1 aliphatic rings. The summed E-state index contributed by atoms with van der Waals surface area (Å²) in [6, 6.07) is 3.81. The van der Waals surface area contributed by atoms with Gasteiger partial charge in [-0.3, -0.25) is 4.90 Å². The van der Waals surface area contributed by atoms with Crippen molar-refractivity contribution in [3.63, 3.8) is 0 Å². The maximum atomic E-state index is 9.74. The molecule has 19 heavy (non-hydrogen) atoms. The Morgan fingerprint density at radius 1 is 1.58 bits per heavy atom. The van der Waals surface area contributed by atoms with Crippen LogP contribution in [-0.4, -0.2) is 34.2 Å². The van der Waals surface area contributed by atoms with Crippen molar-refractivity contribution in [3.8, 4) is 10.8 Å². The monoisotopic (exact) mass is 278 g/mol. The van der Waals surface area contributed by atoms with Crippen molar-refractivity contribution in [2.75, 3.05) is 13.1 Å². The molecule has 0 saturated carbocycles. The largest absolute Gasteiger partial charge is 0.462 e. The Morgan fingerprint density at radius 2 is 2.47 bits per heavy atom. The number of piperidine rings is 1. The van der Waals surface area contributed by atoms with E-state index in [1.54, 1.807) is 17.6 Å². The van der Waals surface area contributed by atoms with Gasteiger partial charge in [0.15, 0.2) is 10.8 Å². The number of thiazole rings is 1. The van der Waals surface area contributed by atoms with E-state index < -0.39 is 0 Å². The van der Waals surface area contributed by atoms with Crippen LogP contribution in [0.5, 0.6) is 0 Å². The second-order valence-electron chi connectivity index (χ2n) is 5.19. The highest BCUT2D eigenvalue weighted by Crippen LogP contribution is 2.25. The molecule has 0 aromatic carbocycles. The van der Waals surface area contributed by atoms with Crippen molar-refractivity contribution in [1.82, 2.24) is 9.88 Å². The molecule has 1 N–H and O–H groups in total. The number of furan rings is 1. The average molecular weight is 278 g/mol. The number of likely N-dealkylation sites (tertiary alicyclic amines) is 1. The van der Waals surface area contributed by atoms with Crippen molar-refractivity contribution in [2.24, 2.45) is 5.92 Å². The van der Waals surface area contributed by atoms with Gasteiger partial charge in [0, 0.05) is 25.0 Å². The number of hydrogen-bond acceptors (Lipinski definition) is 5. The summed E-state index contributed by atoms with van der Waals surface area (Å²) in [6.45, 7) is 4.84. The zero-order valence-electron chi connectivity index (χ0n) is 11.0. The first-order valence-corrected chi connectivity index (χ1v) is 7.49. The Labute approximate surface area is 116 Å². The minimum atomic E-state index is -0.148. The minimum Gasteiger partial charge on any atom is -0.462 e. The average Bonchev–Trinajstić information content (AvgIpc) is 3.04. The van der Waals surface area contributed by atoms with E-state index in [0.717, 1.165) is 42.5 Å². The van der Waals surface area contributed by atoms with Crippen LogP contribution in [0.3, 0.4) is 0 Å². The van der Waals surface area contributed by atoms with E-state index in [0.29, 0.717) is 5.92 Å². The van der Waals surface area contributed by atoms with Gasteiger partial charge in [0.2, 0.25) is 0 Å². The van der Waals surface area contributed by atoms with Crippen molar-refractivity contribution in [2.45, 2.75) is 26.0 Å². The molecule has 3 heterocycles. The van der Waals surface area contributed by atoms with Crippen molar-refractivity contribution in [1.29, 1.82) is 0 Å². The summed E-state index contributed by atoms with van der Waals surface area (Å²) in [6.07, 6.45) is 2.38. The number of aliphatic hydroxyl groups is 1. The number of aliphatic hydroxyl groups excluding tert-OH is 1. The molecule has 3 rings (SSSR count). The SMILES string of the molecule is CC1CN(Cc2csc(-c3ccco3)n2)CCC1O. The molecule has 4 nitrogen and oxygen atoms in total. The summed E-state index contributed by atoms with van der Waals surface area (Å²) in [5, 5.41) is 12.8. The first-order valence-electron chi connectivity index (χ1n) is 6.61. The first kappa shape index (κ1) is 12.8. The summed E-state index contributed by atoms with van der Waals surface area (Å²) in [7, 11) is 0. The molecule has 5 heteroatoms. The maximum Gasteiger partial charge on any atom is 0.162 e. The molecule has 0 spiro atoms. The summed E-state index contributed by atoms with van der Waals surface area (Å²) in [5.41, 5.74) is 1.08. The fourth-order valence-electron chi connectivity index (χ4n) is 2.49. The number of aromatic nitrogens is 1. The summed E-state index contributed by atoms with van der Waals surface area (Å²) in [4.78, 5) is 6.97. The molecular weight excluding hydrogens is 260 g/mol. The van der Waals surface area contributed by atoms with E-state index in [1.165, 1.54) is 0 Å². The lowest BCUT2D eigenvalue weighted by atomic mass is 9.97. The fraction of sp³-hybridized carbons (Fsp3) is 0.500. The van der Waals surface area contributed by atoms with Gasteiger partial charge in [-0.15, -0.1) is 11.3 Å². The van der Waals surface area contributed by atoms with Gasteiger partial charge >= 0.3 is 0 Å². The molecule has 2 unspecified atom stereocenters. The number of nitrogens with zero attached hydrogens (tertiary/aromatic N) is 2. The smallest absolute Gasteiger partial charge is 0.162 e. The first-order chi connectivity index (χ1) is 9.22. The van der Waals surface area contributed by atoms with Crippen LogP contribution in [0, 0.1) is 5.92 Å². The molecule has 1 saturated heterocycles. The van der Waals surface area contributed by atoms with E-state index in [9.17, 15) is 5.11 Å². The van der Waals surface area contributed by atoms with Gasteiger partial charge in [0.05, 0.1) is 18.1 Å². The molecule has 2 aromatic heterocycles. The maximum absolute atomic E-state index is 9.74. The fourth-order valence-corrected chi connectivity index (χ4v) is 3.26. The summed E-state index contributed by atoms with van der Waals surface area (Å²) < 4.78 is 5.36. The van der Waals surface area contributed by atoms with Crippen LogP contribution in [0.2, 0.25) is 0 Å². The second-order valence-corrected chi connectivity index (χ2v) is 6.05. The Hall–Kier alpha value is -1.17. The van der Waals surface area contributed by atoms with E-state index in [2.05, 4.69) is 22.2 Å². The molecule has 1 fully saturated rings. The summed E-state index contributed by atoms with van der Waals surface area (Å²) >= 11 is 1.62. The standard InChI is InChI=1S/C14H18N2O2S/c1-10-7-16(5-4-12(10)17)8-11-9-19-14(15-11)13-3-2-6-18-13/h2-3,6,9-10,12,17H,4-5,7-8H2,1H3. The molecule has 0 radical (unpaired) electrons. The van der Waals surface area contributed by atoms with Gasteiger partial charge in [-0.25, -0.2) is 4.98 Å².